The van der Waals surface area contributed by atoms with Crippen molar-refractivity contribution in [2.45, 2.75) is 53.0 Å². The van der Waals surface area contributed by atoms with Crippen LogP contribution in [0.5, 0.6) is 5.88 Å². The summed E-state index contributed by atoms with van der Waals surface area (Å²) < 4.78 is 5.39. The van der Waals surface area contributed by atoms with Crippen molar-refractivity contribution in [3.05, 3.63) is 23.9 Å². The fourth-order valence-electron chi connectivity index (χ4n) is 2.10. The van der Waals surface area contributed by atoms with E-state index < -0.39 is 0 Å². The van der Waals surface area contributed by atoms with Gasteiger partial charge in [-0.2, -0.15) is 0 Å². The fourth-order valence-corrected chi connectivity index (χ4v) is 2.10. The third-order valence-corrected chi connectivity index (χ3v) is 3.19. The van der Waals surface area contributed by atoms with Crippen molar-refractivity contribution in [3.63, 3.8) is 0 Å². The van der Waals surface area contributed by atoms with Crippen LogP contribution in [0.3, 0.4) is 0 Å². The molecule has 108 valence electrons. The van der Waals surface area contributed by atoms with E-state index in [0.717, 1.165) is 25.3 Å². The lowest BCUT2D eigenvalue weighted by Gasteiger charge is -2.25. The minimum absolute atomic E-state index is 0.322. The first-order chi connectivity index (χ1) is 8.98. The number of nitrogens with zero attached hydrogens (tertiary/aromatic N) is 1. The molecule has 1 atom stereocenters. The van der Waals surface area contributed by atoms with Gasteiger partial charge in [0.05, 0.1) is 7.11 Å². The highest BCUT2D eigenvalue weighted by Gasteiger charge is 2.19. The van der Waals surface area contributed by atoms with Crippen LogP contribution in [0.15, 0.2) is 18.3 Å². The zero-order valence-electron chi connectivity index (χ0n) is 13.0. The molecule has 0 fully saturated rings. The van der Waals surface area contributed by atoms with Gasteiger partial charge in [0.1, 0.15) is 0 Å². The summed E-state index contributed by atoms with van der Waals surface area (Å²) >= 11 is 0. The standard InChI is InChI=1S/C16H28N2O/c1-6-11-17-14(9-10-16(2,3)4)13-8-7-12-18-15(13)19-5/h7-8,12,14,17H,6,9-11H2,1-5H3. The van der Waals surface area contributed by atoms with E-state index in [2.05, 4.69) is 44.1 Å². The van der Waals surface area contributed by atoms with E-state index in [1.54, 1.807) is 13.3 Å². The molecule has 19 heavy (non-hydrogen) atoms. The summed E-state index contributed by atoms with van der Waals surface area (Å²) in [5.41, 5.74) is 1.52. The topological polar surface area (TPSA) is 34.2 Å². The summed E-state index contributed by atoms with van der Waals surface area (Å²) in [4.78, 5) is 4.31. The van der Waals surface area contributed by atoms with Crippen molar-refractivity contribution in [2.24, 2.45) is 5.41 Å². The van der Waals surface area contributed by atoms with Gasteiger partial charge in [-0.15, -0.1) is 0 Å². The lowest BCUT2D eigenvalue weighted by atomic mass is 9.87. The van der Waals surface area contributed by atoms with Crippen LogP contribution in [0, 0.1) is 5.41 Å². The summed E-state index contributed by atoms with van der Waals surface area (Å²) in [6.07, 6.45) is 5.19. The van der Waals surface area contributed by atoms with Crippen molar-refractivity contribution in [3.8, 4) is 5.88 Å². The van der Waals surface area contributed by atoms with Crippen LogP contribution in [0.1, 0.15) is 58.6 Å². The SMILES string of the molecule is CCCNC(CCC(C)(C)C)c1cccnc1OC. The maximum atomic E-state index is 5.39. The van der Waals surface area contributed by atoms with E-state index >= 15 is 0 Å². The first kappa shape index (κ1) is 16.0. The normalized spacial score (nSPS) is 13.3. The largest absolute Gasteiger partial charge is 0.481 e. The number of rotatable bonds is 7. The Hall–Kier alpha value is -1.09. The van der Waals surface area contributed by atoms with Crippen molar-refractivity contribution in [1.29, 1.82) is 0 Å². The molecule has 0 bridgehead atoms. The highest BCUT2D eigenvalue weighted by Crippen LogP contribution is 2.30. The Bertz CT molecular complexity index is 371. The van der Waals surface area contributed by atoms with Crippen LogP contribution in [0.4, 0.5) is 0 Å². The smallest absolute Gasteiger partial charge is 0.217 e. The molecule has 0 saturated heterocycles. The van der Waals surface area contributed by atoms with Crippen LogP contribution in [-0.4, -0.2) is 18.6 Å². The van der Waals surface area contributed by atoms with Crippen molar-refractivity contribution < 1.29 is 4.74 Å². The molecule has 3 nitrogen and oxygen atoms in total. The summed E-state index contributed by atoms with van der Waals surface area (Å²) in [5, 5.41) is 3.61. The number of methoxy groups -OCH3 is 1. The molecular formula is C16H28N2O. The van der Waals surface area contributed by atoms with E-state index in [1.165, 1.54) is 12.0 Å². The van der Waals surface area contributed by atoms with E-state index in [1.807, 2.05) is 6.07 Å². The molecule has 0 aliphatic rings. The fraction of sp³-hybridized carbons (Fsp3) is 0.688. The molecule has 0 radical (unpaired) electrons. The first-order valence-electron chi connectivity index (χ1n) is 7.20. The average molecular weight is 264 g/mol. The van der Waals surface area contributed by atoms with Crippen molar-refractivity contribution in [1.82, 2.24) is 10.3 Å². The molecule has 1 aromatic heterocycles. The molecule has 1 heterocycles. The van der Waals surface area contributed by atoms with Crippen LogP contribution >= 0.6 is 0 Å². The molecule has 3 heteroatoms. The minimum Gasteiger partial charge on any atom is -0.481 e. The summed E-state index contributed by atoms with van der Waals surface area (Å²) in [5.74, 6) is 0.741. The van der Waals surface area contributed by atoms with Gasteiger partial charge >= 0.3 is 0 Å². The van der Waals surface area contributed by atoms with E-state index in [0.29, 0.717) is 11.5 Å². The molecule has 1 unspecified atom stereocenters. The van der Waals surface area contributed by atoms with Gasteiger partial charge in [0.25, 0.3) is 0 Å². The summed E-state index contributed by atoms with van der Waals surface area (Å²) in [6, 6.07) is 4.42. The van der Waals surface area contributed by atoms with Crippen LogP contribution in [0.2, 0.25) is 0 Å². The van der Waals surface area contributed by atoms with E-state index in [4.69, 9.17) is 4.74 Å². The van der Waals surface area contributed by atoms with Gasteiger partial charge in [-0.3, -0.25) is 0 Å². The Morgan fingerprint density at radius 2 is 2.11 bits per heavy atom. The summed E-state index contributed by atoms with van der Waals surface area (Å²) in [6.45, 7) is 10.1. The molecule has 0 aliphatic heterocycles. The van der Waals surface area contributed by atoms with Gasteiger partial charge in [-0.05, 0) is 37.3 Å². The third-order valence-electron chi connectivity index (χ3n) is 3.19. The van der Waals surface area contributed by atoms with Gasteiger partial charge in [-0.1, -0.05) is 33.8 Å². The zero-order chi connectivity index (χ0) is 14.3. The molecule has 0 saturated carbocycles. The molecule has 1 N–H and O–H groups in total. The van der Waals surface area contributed by atoms with Crippen LogP contribution in [-0.2, 0) is 0 Å². The van der Waals surface area contributed by atoms with E-state index in [9.17, 15) is 0 Å². The second-order valence-electron chi connectivity index (χ2n) is 6.21. The lowest BCUT2D eigenvalue weighted by molar-refractivity contribution is 0.323. The number of nitrogens with one attached hydrogen (secondary N) is 1. The highest BCUT2D eigenvalue weighted by atomic mass is 16.5. The van der Waals surface area contributed by atoms with Gasteiger partial charge in [0.2, 0.25) is 5.88 Å². The van der Waals surface area contributed by atoms with Gasteiger partial charge in [-0.25, -0.2) is 4.98 Å². The van der Waals surface area contributed by atoms with Crippen LogP contribution < -0.4 is 10.1 Å². The predicted molar refractivity (Wildman–Crippen MR) is 80.5 cm³/mol. The quantitative estimate of drug-likeness (QED) is 0.809. The van der Waals surface area contributed by atoms with Crippen LogP contribution in [0.25, 0.3) is 0 Å². The number of hydrogen-bond acceptors (Lipinski definition) is 3. The highest BCUT2D eigenvalue weighted by molar-refractivity contribution is 5.28. The number of pyridine rings is 1. The third kappa shape index (κ3) is 5.60. The summed E-state index contributed by atoms with van der Waals surface area (Å²) in [7, 11) is 1.69. The van der Waals surface area contributed by atoms with Crippen molar-refractivity contribution >= 4 is 0 Å². The predicted octanol–water partition coefficient (Wildman–Crippen LogP) is 3.96. The number of hydrogen-bond donors (Lipinski definition) is 1. The Labute approximate surface area is 117 Å². The van der Waals surface area contributed by atoms with Gasteiger partial charge < -0.3 is 10.1 Å². The van der Waals surface area contributed by atoms with E-state index in [-0.39, 0.29) is 0 Å². The molecular weight excluding hydrogens is 236 g/mol. The Morgan fingerprint density at radius 3 is 2.68 bits per heavy atom. The molecule has 0 aromatic carbocycles. The second kappa shape index (κ2) is 7.49. The van der Waals surface area contributed by atoms with Gasteiger partial charge in [0.15, 0.2) is 0 Å². The Kier molecular flexibility index (Phi) is 6.29. The first-order valence-corrected chi connectivity index (χ1v) is 7.20. The zero-order valence-corrected chi connectivity index (χ0v) is 13.0. The second-order valence-corrected chi connectivity index (χ2v) is 6.21. The molecule has 0 spiro atoms. The maximum Gasteiger partial charge on any atom is 0.217 e. The minimum atomic E-state index is 0.322. The lowest BCUT2D eigenvalue weighted by Crippen LogP contribution is -2.24. The number of aromatic nitrogens is 1. The Morgan fingerprint density at radius 1 is 1.37 bits per heavy atom. The number of ether oxygens (including phenoxy) is 1. The Balaban J connectivity index is 2.82. The maximum absolute atomic E-state index is 5.39. The molecule has 0 aliphatic carbocycles. The van der Waals surface area contributed by atoms with Crippen molar-refractivity contribution in [2.75, 3.05) is 13.7 Å². The molecule has 1 aromatic rings. The van der Waals surface area contributed by atoms with Gasteiger partial charge in [0, 0.05) is 17.8 Å². The monoisotopic (exact) mass is 264 g/mol. The average Bonchev–Trinajstić information content (AvgIpc) is 2.38. The molecule has 1 rings (SSSR count). The molecule has 0 amide bonds.